The lowest BCUT2D eigenvalue weighted by Gasteiger charge is -2.09. The van der Waals surface area contributed by atoms with Crippen LogP contribution in [0.5, 0.6) is 0 Å². The molecule has 0 unspecified atom stereocenters. The van der Waals surface area contributed by atoms with Gasteiger partial charge in [-0.05, 0) is 34.9 Å². The molecule has 4 heteroatoms. The summed E-state index contributed by atoms with van der Waals surface area (Å²) in [5.74, 6) is 1.78. The standard InChI is InChI=1S/C13H19N3S/c1-11(2)7-14-8-13-15-4-5-16(13)9-12-3-6-17-10-12/h3-6,10-11,14H,7-9H2,1-2H3. The minimum atomic E-state index is 0.676. The Balaban J connectivity index is 1.92. The van der Waals surface area contributed by atoms with Crippen molar-refractivity contribution >= 4 is 11.3 Å². The Morgan fingerprint density at radius 2 is 2.35 bits per heavy atom. The van der Waals surface area contributed by atoms with Crippen LogP contribution in [0.3, 0.4) is 0 Å². The van der Waals surface area contributed by atoms with Crippen LogP contribution in [-0.2, 0) is 13.1 Å². The quantitative estimate of drug-likeness (QED) is 0.853. The molecular weight excluding hydrogens is 230 g/mol. The fraction of sp³-hybridized carbons (Fsp3) is 0.462. The highest BCUT2D eigenvalue weighted by molar-refractivity contribution is 7.07. The summed E-state index contributed by atoms with van der Waals surface area (Å²) in [4.78, 5) is 4.40. The zero-order chi connectivity index (χ0) is 12.1. The molecule has 2 aromatic rings. The first-order chi connectivity index (χ1) is 8.25. The minimum Gasteiger partial charge on any atom is -0.329 e. The lowest BCUT2D eigenvalue weighted by molar-refractivity contribution is 0.533. The number of nitrogens with zero attached hydrogens (tertiary/aromatic N) is 2. The number of hydrogen-bond donors (Lipinski definition) is 1. The average molecular weight is 249 g/mol. The lowest BCUT2D eigenvalue weighted by atomic mass is 10.2. The Bertz CT molecular complexity index is 431. The van der Waals surface area contributed by atoms with E-state index < -0.39 is 0 Å². The first-order valence-corrected chi connectivity index (χ1v) is 6.92. The number of nitrogens with one attached hydrogen (secondary N) is 1. The molecule has 2 aromatic heterocycles. The molecule has 0 aliphatic heterocycles. The van der Waals surface area contributed by atoms with Crippen molar-refractivity contribution in [3.05, 3.63) is 40.6 Å². The molecule has 3 nitrogen and oxygen atoms in total. The molecule has 2 heterocycles. The molecule has 1 N–H and O–H groups in total. The van der Waals surface area contributed by atoms with E-state index in [1.54, 1.807) is 11.3 Å². The Kier molecular flexibility index (Phi) is 4.34. The number of aromatic nitrogens is 2. The average Bonchev–Trinajstić information content (AvgIpc) is 2.91. The van der Waals surface area contributed by atoms with E-state index in [9.17, 15) is 0 Å². The van der Waals surface area contributed by atoms with Crippen molar-refractivity contribution < 1.29 is 0 Å². The number of imidazole rings is 1. The molecule has 0 radical (unpaired) electrons. The van der Waals surface area contributed by atoms with E-state index in [1.807, 2.05) is 12.4 Å². The topological polar surface area (TPSA) is 29.9 Å². The van der Waals surface area contributed by atoms with E-state index in [4.69, 9.17) is 0 Å². The summed E-state index contributed by atoms with van der Waals surface area (Å²) in [5.41, 5.74) is 1.35. The van der Waals surface area contributed by atoms with Crippen LogP contribution >= 0.6 is 11.3 Å². The summed E-state index contributed by atoms with van der Waals surface area (Å²) in [6.07, 6.45) is 3.92. The summed E-state index contributed by atoms with van der Waals surface area (Å²) in [6, 6.07) is 2.16. The fourth-order valence-corrected chi connectivity index (χ4v) is 2.36. The molecule has 2 rings (SSSR count). The second-order valence-corrected chi connectivity index (χ2v) is 5.41. The van der Waals surface area contributed by atoms with Crippen LogP contribution in [0.2, 0.25) is 0 Å². The SMILES string of the molecule is CC(C)CNCc1nccn1Cc1ccsc1. The van der Waals surface area contributed by atoms with Gasteiger partial charge in [-0.15, -0.1) is 0 Å². The van der Waals surface area contributed by atoms with Crippen molar-refractivity contribution in [2.75, 3.05) is 6.54 Å². The number of hydrogen-bond acceptors (Lipinski definition) is 3. The van der Waals surface area contributed by atoms with Crippen molar-refractivity contribution in [1.29, 1.82) is 0 Å². The molecule has 17 heavy (non-hydrogen) atoms. The molecule has 0 saturated carbocycles. The smallest absolute Gasteiger partial charge is 0.122 e. The van der Waals surface area contributed by atoms with Crippen LogP contribution in [0, 0.1) is 5.92 Å². The van der Waals surface area contributed by atoms with E-state index in [0.29, 0.717) is 5.92 Å². The molecule has 0 aliphatic rings. The summed E-state index contributed by atoms with van der Waals surface area (Å²) < 4.78 is 2.20. The normalized spacial score (nSPS) is 11.2. The monoisotopic (exact) mass is 249 g/mol. The van der Waals surface area contributed by atoms with Crippen LogP contribution in [0.15, 0.2) is 29.2 Å². The van der Waals surface area contributed by atoms with E-state index in [-0.39, 0.29) is 0 Å². The molecule has 0 saturated heterocycles. The third kappa shape index (κ3) is 3.68. The Hall–Kier alpha value is -1.13. The van der Waals surface area contributed by atoms with Crippen LogP contribution < -0.4 is 5.32 Å². The predicted molar refractivity (Wildman–Crippen MR) is 72.2 cm³/mol. The second kappa shape index (κ2) is 5.98. The Morgan fingerprint density at radius 1 is 1.47 bits per heavy atom. The van der Waals surface area contributed by atoms with Crippen LogP contribution in [0.1, 0.15) is 25.2 Å². The predicted octanol–water partition coefficient (Wildman–Crippen LogP) is 2.74. The summed E-state index contributed by atoms with van der Waals surface area (Å²) >= 11 is 1.74. The molecule has 92 valence electrons. The van der Waals surface area contributed by atoms with Crippen molar-refractivity contribution in [3.63, 3.8) is 0 Å². The molecular formula is C13H19N3S. The van der Waals surface area contributed by atoms with E-state index >= 15 is 0 Å². The van der Waals surface area contributed by atoms with Gasteiger partial charge in [0.15, 0.2) is 0 Å². The third-order valence-electron chi connectivity index (χ3n) is 2.57. The van der Waals surface area contributed by atoms with Gasteiger partial charge in [-0.25, -0.2) is 4.98 Å². The molecule has 0 aromatic carbocycles. The van der Waals surface area contributed by atoms with Gasteiger partial charge in [0.2, 0.25) is 0 Å². The summed E-state index contributed by atoms with van der Waals surface area (Å²) in [6.45, 7) is 7.22. The van der Waals surface area contributed by atoms with Gasteiger partial charge in [0.25, 0.3) is 0 Å². The molecule has 0 atom stereocenters. The van der Waals surface area contributed by atoms with Gasteiger partial charge >= 0.3 is 0 Å². The highest BCUT2D eigenvalue weighted by atomic mass is 32.1. The maximum absolute atomic E-state index is 4.40. The lowest BCUT2D eigenvalue weighted by Crippen LogP contribution is -2.21. The maximum atomic E-state index is 4.40. The zero-order valence-electron chi connectivity index (χ0n) is 10.4. The first kappa shape index (κ1) is 12.3. The highest BCUT2D eigenvalue weighted by Crippen LogP contribution is 2.09. The Labute approximate surface area is 107 Å². The molecule has 0 spiro atoms. The second-order valence-electron chi connectivity index (χ2n) is 4.63. The van der Waals surface area contributed by atoms with Crippen LogP contribution in [-0.4, -0.2) is 16.1 Å². The first-order valence-electron chi connectivity index (χ1n) is 5.97. The van der Waals surface area contributed by atoms with Gasteiger partial charge in [-0.3, -0.25) is 0 Å². The van der Waals surface area contributed by atoms with Crippen molar-refractivity contribution in [2.45, 2.75) is 26.9 Å². The van der Waals surface area contributed by atoms with Crippen molar-refractivity contribution in [3.8, 4) is 0 Å². The van der Waals surface area contributed by atoms with Gasteiger partial charge in [-0.2, -0.15) is 11.3 Å². The molecule has 0 fully saturated rings. The third-order valence-corrected chi connectivity index (χ3v) is 3.30. The largest absolute Gasteiger partial charge is 0.329 e. The van der Waals surface area contributed by atoms with E-state index in [1.165, 1.54) is 5.56 Å². The highest BCUT2D eigenvalue weighted by Gasteiger charge is 2.03. The van der Waals surface area contributed by atoms with Gasteiger partial charge in [0.05, 0.1) is 6.54 Å². The molecule has 0 amide bonds. The van der Waals surface area contributed by atoms with E-state index in [2.05, 4.69) is 45.5 Å². The van der Waals surface area contributed by atoms with Gasteiger partial charge in [0, 0.05) is 18.9 Å². The van der Waals surface area contributed by atoms with Crippen molar-refractivity contribution in [2.24, 2.45) is 5.92 Å². The van der Waals surface area contributed by atoms with Gasteiger partial charge in [-0.1, -0.05) is 13.8 Å². The summed E-state index contributed by atoms with van der Waals surface area (Å²) in [5, 5.41) is 7.73. The molecule has 0 bridgehead atoms. The summed E-state index contributed by atoms with van der Waals surface area (Å²) in [7, 11) is 0. The van der Waals surface area contributed by atoms with Gasteiger partial charge in [0.1, 0.15) is 5.82 Å². The Morgan fingerprint density at radius 3 is 3.06 bits per heavy atom. The van der Waals surface area contributed by atoms with Gasteiger partial charge < -0.3 is 9.88 Å². The number of rotatable bonds is 6. The molecule has 0 aliphatic carbocycles. The maximum Gasteiger partial charge on any atom is 0.122 e. The van der Waals surface area contributed by atoms with Crippen LogP contribution in [0.4, 0.5) is 0 Å². The van der Waals surface area contributed by atoms with Crippen LogP contribution in [0.25, 0.3) is 0 Å². The zero-order valence-corrected chi connectivity index (χ0v) is 11.2. The fourth-order valence-electron chi connectivity index (χ4n) is 1.70. The van der Waals surface area contributed by atoms with E-state index in [0.717, 1.165) is 25.5 Å². The minimum absolute atomic E-state index is 0.676. The van der Waals surface area contributed by atoms with Crippen molar-refractivity contribution in [1.82, 2.24) is 14.9 Å². The number of thiophene rings is 1.